The van der Waals surface area contributed by atoms with Crippen molar-refractivity contribution in [2.75, 3.05) is 6.54 Å². The number of alkyl halides is 3. The third kappa shape index (κ3) is 5.77. The van der Waals surface area contributed by atoms with Crippen molar-refractivity contribution in [2.24, 2.45) is 0 Å². The first-order chi connectivity index (χ1) is 16.4. The molecule has 2 nitrogen and oxygen atoms in total. The fourth-order valence-electron chi connectivity index (χ4n) is 5.81. The Hall–Kier alpha value is -1.86. The standard InChI is InChI=1S/C28H33BrF3NOSi/c1-35(2,3)18-14-22-19-27(15-13-21-8-6-10-24(29)26(21)27)16-17-33(22)25(34)12-11-20-7-4-5-9-23(20)28(30,31)32/h4-12,22H,13-19H2,1-3H3/b12-11+. The summed E-state index contributed by atoms with van der Waals surface area (Å²) >= 11 is 3.79. The second kappa shape index (κ2) is 9.89. The molecule has 0 radical (unpaired) electrons. The maximum atomic E-state index is 13.4. The lowest BCUT2D eigenvalue weighted by Crippen LogP contribution is -2.51. The summed E-state index contributed by atoms with van der Waals surface area (Å²) in [5.74, 6) is -0.192. The molecule has 0 saturated carbocycles. The number of carbonyl (C=O) groups is 1. The number of amides is 1. The molecule has 1 fully saturated rings. The summed E-state index contributed by atoms with van der Waals surface area (Å²) in [6.45, 7) is 7.65. The molecule has 35 heavy (non-hydrogen) atoms. The summed E-state index contributed by atoms with van der Waals surface area (Å²) in [6, 6.07) is 13.0. The summed E-state index contributed by atoms with van der Waals surface area (Å²) in [5.41, 5.74) is 2.16. The van der Waals surface area contributed by atoms with Crippen LogP contribution in [0, 0.1) is 0 Å². The highest BCUT2D eigenvalue weighted by Crippen LogP contribution is 2.51. The van der Waals surface area contributed by atoms with Crippen molar-refractivity contribution in [3.8, 4) is 0 Å². The number of piperidine rings is 1. The Morgan fingerprint density at radius 3 is 2.60 bits per heavy atom. The number of rotatable bonds is 5. The van der Waals surface area contributed by atoms with Gasteiger partial charge in [-0.15, -0.1) is 0 Å². The lowest BCUT2D eigenvalue weighted by molar-refractivity contribution is -0.137. The average molecular weight is 565 g/mol. The van der Waals surface area contributed by atoms with Gasteiger partial charge in [-0.3, -0.25) is 4.79 Å². The molecule has 1 heterocycles. The number of likely N-dealkylation sites (tertiary alicyclic amines) is 1. The minimum absolute atomic E-state index is 0.0223. The topological polar surface area (TPSA) is 20.3 Å². The summed E-state index contributed by atoms with van der Waals surface area (Å²) in [4.78, 5) is 15.3. The normalized spacial score (nSPS) is 22.7. The third-order valence-electron chi connectivity index (χ3n) is 7.58. The smallest absolute Gasteiger partial charge is 0.336 e. The first-order valence-electron chi connectivity index (χ1n) is 12.3. The van der Waals surface area contributed by atoms with Crippen molar-refractivity contribution in [3.05, 3.63) is 75.3 Å². The quantitative estimate of drug-likeness (QED) is 0.266. The largest absolute Gasteiger partial charge is 0.416 e. The number of halogens is 4. The maximum Gasteiger partial charge on any atom is 0.416 e. The summed E-state index contributed by atoms with van der Waals surface area (Å²) in [6.07, 6.45) is 3.08. The van der Waals surface area contributed by atoms with E-state index < -0.39 is 19.8 Å². The predicted octanol–water partition coefficient (Wildman–Crippen LogP) is 8.08. The number of hydrogen-bond acceptors (Lipinski definition) is 1. The van der Waals surface area contributed by atoms with E-state index in [1.165, 1.54) is 35.4 Å². The molecule has 0 bridgehead atoms. The number of fused-ring (bicyclic) bond motifs is 2. The van der Waals surface area contributed by atoms with Crippen molar-refractivity contribution < 1.29 is 18.0 Å². The van der Waals surface area contributed by atoms with Gasteiger partial charge in [0.25, 0.3) is 0 Å². The molecule has 1 spiro atoms. The molecule has 2 atom stereocenters. The second-order valence-corrected chi connectivity index (χ2v) is 17.7. The van der Waals surface area contributed by atoms with Crippen LogP contribution in [0.25, 0.3) is 6.08 Å². The van der Waals surface area contributed by atoms with Crippen LogP contribution in [-0.2, 0) is 22.8 Å². The van der Waals surface area contributed by atoms with Crippen LogP contribution in [0.5, 0.6) is 0 Å². The van der Waals surface area contributed by atoms with Crippen molar-refractivity contribution >= 4 is 36.0 Å². The van der Waals surface area contributed by atoms with Gasteiger partial charge in [-0.25, -0.2) is 0 Å². The van der Waals surface area contributed by atoms with Gasteiger partial charge >= 0.3 is 6.18 Å². The monoisotopic (exact) mass is 563 g/mol. The van der Waals surface area contributed by atoms with Gasteiger partial charge < -0.3 is 4.90 Å². The molecule has 188 valence electrons. The SMILES string of the molecule is C[Si](C)(C)CCC1CC2(CCc3cccc(Br)c32)CCN1C(=O)/C=C/c1ccccc1C(F)(F)F. The summed E-state index contributed by atoms with van der Waals surface area (Å²) < 4.78 is 41.3. The van der Waals surface area contributed by atoms with E-state index in [-0.39, 0.29) is 22.9 Å². The predicted molar refractivity (Wildman–Crippen MR) is 142 cm³/mol. The number of nitrogens with zero attached hydrogens (tertiary/aromatic N) is 1. The van der Waals surface area contributed by atoms with Crippen LogP contribution in [0.3, 0.4) is 0 Å². The maximum absolute atomic E-state index is 13.4. The van der Waals surface area contributed by atoms with Crippen LogP contribution in [-0.4, -0.2) is 31.5 Å². The van der Waals surface area contributed by atoms with Crippen molar-refractivity contribution in [3.63, 3.8) is 0 Å². The van der Waals surface area contributed by atoms with E-state index in [2.05, 4.69) is 53.8 Å². The fraction of sp³-hybridized carbons (Fsp3) is 0.464. The fourth-order valence-corrected chi connectivity index (χ4v) is 7.84. The molecule has 2 unspecified atom stereocenters. The van der Waals surface area contributed by atoms with E-state index in [4.69, 9.17) is 0 Å². The van der Waals surface area contributed by atoms with E-state index in [0.29, 0.717) is 6.54 Å². The van der Waals surface area contributed by atoms with Gasteiger partial charge in [0.1, 0.15) is 0 Å². The Labute approximate surface area is 215 Å². The van der Waals surface area contributed by atoms with Crippen molar-refractivity contribution in [1.82, 2.24) is 4.90 Å². The van der Waals surface area contributed by atoms with Gasteiger partial charge in [0, 0.05) is 36.6 Å². The van der Waals surface area contributed by atoms with Gasteiger partial charge in [0.05, 0.1) is 5.56 Å². The first-order valence-corrected chi connectivity index (χ1v) is 16.8. The molecule has 2 aliphatic rings. The van der Waals surface area contributed by atoms with E-state index in [1.54, 1.807) is 6.07 Å². The Morgan fingerprint density at radius 2 is 1.89 bits per heavy atom. The molecule has 1 aliphatic heterocycles. The minimum Gasteiger partial charge on any atom is -0.336 e. The van der Waals surface area contributed by atoms with E-state index in [1.807, 2.05) is 4.90 Å². The Balaban J connectivity index is 1.60. The highest BCUT2D eigenvalue weighted by atomic mass is 79.9. The number of carbonyl (C=O) groups excluding carboxylic acids is 1. The average Bonchev–Trinajstić information content (AvgIpc) is 3.14. The zero-order valence-corrected chi connectivity index (χ0v) is 23.2. The van der Waals surface area contributed by atoms with Crippen molar-refractivity contribution in [2.45, 2.75) is 75.4 Å². The van der Waals surface area contributed by atoms with Crippen LogP contribution in [0.4, 0.5) is 13.2 Å². The Bertz CT molecular complexity index is 1120. The molecule has 7 heteroatoms. The number of benzene rings is 2. The lowest BCUT2D eigenvalue weighted by Gasteiger charge is -2.46. The van der Waals surface area contributed by atoms with E-state index in [9.17, 15) is 18.0 Å². The number of hydrogen-bond donors (Lipinski definition) is 0. The molecule has 4 rings (SSSR count). The summed E-state index contributed by atoms with van der Waals surface area (Å²) in [7, 11) is -1.33. The molecule has 1 aliphatic carbocycles. The molecule has 0 aromatic heterocycles. The Morgan fingerprint density at radius 1 is 1.14 bits per heavy atom. The first kappa shape index (κ1) is 26.2. The van der Waals surface area contributed by atoms with Gasteiger partial charge in [-0.05, 0) is 67.0 Å². The molecule has 1 amide bonds. The van der Waals surface area contributed by atoms with Crippen LogP contribution >= 0.6 is 15.9 Å². The van der Waals surface area contributed by atoms with Gasteiger partial charge in [0.15, 0.2) is 0 Å². The van der Waals surface area contributed by atoms with Crippen LogP contribution < -0.4 is 0 Å². The van der Waals surface area contributed by atoms with Gasteiger partial charge in [0.2, 0.25) is 5.91 Å². The van der Waals surface area contributed by atoms with Gasteiger partial charge in [-0.2, -0.15) is 13.2 Å². The zero-order chi connectivity index (χ0) is 25.4. The molecule has 2 aromatic carbocycles. The van der Waals surface area contributed by atoms with Crippen LogP contribution in [0.15, 0.2) is 53.0 Å². The second-order valence-electron chi connectivity index (χ2n) is 11.2. The van der Waals surface area contributed by atoms with Crippen LogP contribution in [0.1, 0.15) is 47.9 Å². The van der Waals surface area contributed by atoms with Crippen LogP contribution in [0.2, 0.25) is 25.7 Å². The summed E-state index contributed by atoms with van der Waals surface area (Å²) in [5, 5.41) is 0. The minimum atomic E-state index is -4.45. The van der Waals surface area contributed by atoms with E-state index in [0.717, 1.165) is 48.7 Å². The van der Waals surface area contributed by atoms with Crippen molar-refractivity contribution in [1.29, 1.82) is 0 Å². The third-order valence-corrected chi connectivity index (χ3v) is 10.0. The number of aryl methyl sites for hydroxylation is 1. The Kier molecular flexibility index (Phi) is 7.40. The zero-order valence-electron chi connectivity index (χ0n) is 20.6. The van der Waals surface area contributed by atoms with Gasteiger partial charge in [-0.1, -0.05) is 71.9 Å². The molecule has 1 saturated heterocycles. The lowest BCUT2D eigenvalue weighted by atomic mass is 9.70. The molecular weight excluding hydrogens is 531 g/mol. The molecular formula is C28H33BrF3NOSi. The highest BCUT2D eigenvalue weighted by molar-refractivity contribution is 9.10. The molecule has 0 N–H and O–H groups in total. The highest BCUT2D eigenvalue weighted by Gasteiger charge is 2.46. The molecule has 2 aromatic rings. The van der Waals surface area contributed by atoms with E-state index >= 15 is 0 Å².